The van der Waals surface area contributed by atoms with Crippen LogP contribution in [0.5, 0.6) is 0 Å². The van der Waals surface area contributed by atoms with Gasteiger partial charge in [0, 0.05) is 6.54 Å². The van der Waals surface area contributed by atoms with E-state index in [9.17, 15) is 14.0 Å². The summed E-state index contributed by atoms with van der Waals surface area (Å²) < 4.78 is 18.4. The van der Waals surface area contributed by atoms with E-state index in [1.165, 1.54) is 12.1 Å². The number of aldehydes is 1. The fourth-order valence-electron chi connectivity index (χ4n) is 1.53. The van der Waals surface area contributed by atoms with Crippen molar-refractivity contribution in [3.05, 3.63) is 41.2 Å². The van der Waals surface area contributed by atoms with Gasteiger partial charge in [0.1, 0.15) is 11.4 Å². The van der Waals surface area contributed by atoms with Gasteiger partial charge in [-0.3, -0.25) is 4.79 Å². The van der Waals surface area contributed by atoms with Crippen molar-refractivity contribution in [2.75, 3.05) is 6.54 Å². The molecule has 0 aliphatic rings. The Hall–Kier alpha value is -2.17. The second kappa shape index (κ2) is 7.57. The second-order valence-electron chi connectivity index (χ2n) is 5.52. The predicted octanol–water partition coefficient (Wildman–Crippen LogP) is 3.57. The topological polar surface area (TPSA) is 55.4 Å². The predicted molar refractivity (Wildman–Crippen MR) is 79.7 cm³/mol. The van der Waals surface area contributed by atoms with E-state index in [4.69, 9.17) is 4.74 Å². The maximum Gasteiger partial charge on any atom is 0.407 e. The van der Waals surface area contributed by atoms with Crippen molar-refractivity contribution in [2.24, 2.45) is 0 Å². The first-order chi connectivity index (χ1) is 9.81. The van der Waals surface area contributed by atoms with Gasteiger partial charge in [-0.15, -0.1) is 0 Å². The average molecular weight is 293 g/mol. The van der Waals surface area contributed by atoms with Crippen LogP contribution in [0.25, 0.3) is 6.08 Å². The second-order valence-corrected chi connectivity index (χ2v) is 5.52. The molecule has 0 atom stereocenters. The van der Waals surface area contributed by atoms with Gasteiger partial charge in [0.05, 0.1) is 5.56 Å². The number of benzene rings is 1. The van der Waals surface area contributed by atoms with Crippen LogP contribution < -0.4 is 5.32 Å². The van der Waals surface area contributed by atoms with Gasteiger partial charge in [-0.05, 0) is 44.9 Å². The molecule has 0 heterocycles. The standard InChI is InChI=1S/C16H20FNO3/c1-16(2,3)21-15(20)18-9-5-4-6-12-7-8-13(11-19)14(17)10-12/h4,6-8,10-11H,5,9H2,1-3H3,(H,18,20). The number of alkyl carbamates (subject to hydrolysis) is 1. The van der Waals surface area contributed by atoms with Crippen molar-refractivity contribution in [3.8, 4) is 0 Å². The lowest BCUT2D eigenvalue weighted by molar-refractivity contribution is 0.0528. The highest BCUT2D eigenvalue weighted by Gasteiger charge is 2.15. The van der Waals surface area contributed by atoms with E-state index < -0.39 is 17.5 Å². The van der Waals surface area contributed by atoms with Gasteiger partial charge in [0.2, 0.25) is 0 Å². The summed E-state index contributed by atoms with van der Waals surface area (Å²) in [5, 5.41) is 2.62. The van der Waals surface area contributed by atoms with Crippen LogP contribution in [-0.4, -0.2) is 24.5 Å². The molecule has 1 aromatic rings. The highest BCUT2D eigenvalue weighted by Crippen LogP contribution is 2.10. The number of ether oxygens (including phenoxy) is 1. The minimum absolute atomic E-state index is 0.0405. The third kappa shape index (κ3) is 6.70. The molecule has 0 saturated carbocycles. The molecule has 1 aromatic carbocycles. The Balaban J connectivity index is 2.37. The number of hydrogen-bond donors (Lipinski definition) is 1. The summed E-state index contributed by atoms with van der Waals surface area (Å²) in [6.07, 6.45) is 4.16. The van der Waals surface area contributed by atoms with E-state index in [2.05, 4.69) is 5.32 Å². The monoisotopic (exact) mass is 293 g/mol. The Kier molecular flexibility index (Phi) is 6.09. The van der Waals surface area contributed by atoms with Crippen molar-refractivity contribution >= 4 is 18.5 Å². The van der Waals surface area contributed by atoms with Crippen LogP contribution >= 0.6 is 0 Å². The van der Waals surface area contributed by atoms with Gasteiger partial charge in [-0.25, -0.2) is 9.18 Å². The fourth-order valence-corrected chi connectivity index (χ4v) is 1.53. The summed E-state index contributed by atoms with van der Waals surface area (Å²) in [6, 6.07) is 4.38. The molecule has 114 valence electrons. The van der Waals surface area contributed by atoms with Crippen LogP contribution in [-0.2, 0) is 4.74 Å². The zero-order chi connectivity index (χ0) is 15.9. The smallest absolute Gasteiger partial charge is 0.407 e. The fraction of sp³-hybridized carbons (Fsp3) is 0.375. The molecule has 0 aliphatic carbocycles. The number of hydrogen-bond acceptors (Lipinski definition) is 3. The largest absolute Gasteiger partial charge is 0.444 e. The van der Waals surface area contributed by atoms with Crippen molar-refractivity contribution in [1.29, 1.82) is 0 Å². The molecule has 1 amide bonds. The first kappa shape index (κ1) is 16.9. The molecule has 0 saturated heterocycles. The highest BCUT2D eigenvalue weighted by atomic mass is 19.1. The Bertz CT molecular complexity index is 533. The average Bonchev–Trinajstić information content (AvgIpc) is 2.36. The summed E-state index contributed by atoms with van der Waals surface area (Å²) in [5.74, 6) is -0.543. The quantitative estimate of drug-likeness (QED) is 0.667. The van der Waals surface area contributed by atoms with Crippen LogP contribution in [0.1, 0.15) is 43.1 Å². The van der Waals surface area contributed by atoms with Crippen molar-refractivity contribution < 1.29 is 18.7 Å². The first-order valence-corrected chi connectivity index (χ1v) is 6.70. The van der Waals surface area contributed by atoms with Gasteiger partial charge < -0.3 is 10.1 Å². The molecular formula is C16H20FNO3. The highest BCUT2D eigenvalue weighted by molar-refractivity contribution is 5.75. The normalized spacial score (nSPS) is 11.4. The molecule has 4 nitrogen and oxygen atoms in total. The Morgan fingerprint density at radius 2 is 2.10 bits per heavy atom. The van der Waals surface area contributed by atoms with Crippen molar-refractivity contribution in [1.82, 2.24) is 5.32 Å². The first-order valence-electron chi connectivity index (χ1n) is 6.70. The van der Waals surface area contributed by atoms with E-state index in [-0.39, 0.29) is 5.56 Å². The van der Waals surface area contributed by atoms with Crippen molar-refractivity contribution in [3.63, 3.8) is 0 Å². The molecule has 0 fully saturated rings. The van der Waals surface area contributed by atoms with Gasteiger partial charge in [-0.2, -0.15) is 0 Å². The molecule has 1 rings (SSSR count). The SMILES string of the molecule is CC(C)(C)OC(=O)NCCC=Cc1ccc(C=O)c(F)c1. The third-order valence-corrected chi connectivity index (χ3v) is 2.44. The molecule has 21 heavy (non-hydrogen) atoms. The maximum atomic E-state index is 13.4. The van der Waals surface area contributed by atoms with E-state index in [0.29, 0.717) is 24.8 Å². The van der Waals surface area contributed by atoms with Crippen LogP contribution in [0.2, 0.25) is 0 Å². The summed E-state index contributed by atoms with van der Waals surface area (Å²) in [5.41, 5.74) is 0.187. The summed E-state index contributed by atoms with van der Waals surface area (Å²) in [4.78, 5) is 21.9. The number of rotatable bonds is 5. The lowest BCUT2D eigenvalue weighted by Gasteiger charge is -2.19. The molecule has 0 aliphatic heterocycles. The van der Waals surface area contributed by atoms with E-state index in [0.717, 1.165) is 0 Å². The van der Waals surface area contributed by atoms with E-state index in [1.807, 2.05) is 6.08 Å². The Labute approximate surface area is 124 Å². The summed E-state index contributed by atoms with van der Waals surface area (Å²) in [6.45, 7) is 5.82. The number of halogens is 1. The van der Waals surface area contributed by atoms with Gasteiger partial charge in [-0.1, -0.05) is 18.2 Å². The molecule has 0 spiro atoms. The van der Waals surface area contributed by atoms with Crippen LogP contribution in [0, 0.1) is 5.82 Å². The zero-order valence-corrected chi connectivity index (χ0v) is 12.5. The van der Waals surface area contributed by atoms with Crippen LogP contribution in [0.15, 0.2) is 24.3 Å². The Morgan fingerprint density at radius 3 is 2.67 bits per heavy atom. The lowest BCUT2D eigenvalue weighted by atomic mass is 10.1. The number of carbonyl (C=O) groups is 2. The van der Waals surface area contributed by atoms with Gasteiger partial charge in [0.15, 0.2) is 6.29 Å². The number of amides is 1. The van der Waals surface area contributed by atoms with E-state index in [1.54, 1.807) is 32.9 Å². The molecule has 0 unspecified atom stereocenters. The van der Waals surface area contributed by atoms with E-state index >= 15 is 0 Å². The molecule has 0 radical (unpaired) electrons. The molecular weight excluding hydrogens is 273 g/mol. The number of nitrogens with one attached hydrogen (secondary N) is 1. The molecule has 1 N–H and O–H groups in total. The summed E-state index contributed by atoms with van der Waals surface area (Å²) in [7, 11) is 0. The van der Waals surface area contributed by atoms with Crippen molar-refractivity contribution in [2.45, 2.75) is 32.8 Å². The minimum atomic E-state index is -0.543. The third-order valence-electron chi connectivity index (χ3n) is 2.44. The van der Waals surface area contributed by atoms with Gasteiger partial charge in [0.25, 0.3) is 0 Å². The minimum Gasteiger partial charge on any atom is -0.444 e. The number of carbonyl (C=O) groups excluding carboxylic acids is 2. The summed E-state index contributed by atoms with van der Waals surface area (Å²) >= 11 is 0. The van der Waals surface area contributed by atoms with Gasteiger partial charge >= 0.3 is 6.09 Å². The Morgan fingerprint density at radius 1 is 1.38 bits per heavy atom. The maximum absolute atomic E-state index is 13.4. The van der Waals surface area contributed by atoms with Crippen LogP contribution in [0.4, 0.5) is 9.18 Å². The lowest BCUT2D eigenvalue weighted by Crippen LogP contribution is -2.32. The molecule has 5 heteroatoms. The molecule has 0 aromatic heterocycles. The van der Waals surface area contributed by atoms with Crippen LogP contribution in [0.3, 0.4) is 0 Å². The zero-order valence-electron chi connectivity index (χ0n) is 12.5. The molecule has 0 bridgehead atoms.